The van der Waals surface area contributed by atoms with E-state index in [1.54, 1.807) is 6.92 Å². The summed E-state index contributed by atoms with van der Waals surface area (Å²) in [6.45, 7) is 7.77. The second-order valence-electron chi connectivity index (χ2n) is 4.25. The van der Waals surface area contributed by atoms with Gasteiger partial charge in [-0.1, -0.05) is 6.07 Å². The van der Waals surface area contributed by atoms with Crippen molar-refractivity contribution in [2.24, 2.45) is 10.8 Å². The van der Waals surface area contributed by atoms with Gasteiger partial charge in [0.1, 0.15) is 0 Å². The second kappa shape index (κ2) is 5.44. The minimum Gasteiger partial charge on any atom is -0.361 e. The molecule has 0 atom stereocenters. The van der Waals surface area contributed by atoms with E-state index in [4.69, 9.17) is 5.73 Å². The van der Waals surface area contributed by atoms with Gasteiger partial charge in [0.05, 0.1) is 5.71 Å². The Labute approximate surface area is 106 Å². The monoisotopic (exact) mass is 247 g/mol. The summed E-state index contributed by atoms with van der Waals surface area (Å²) in [5.41, 5.74) is 11.9. The van der Waals surface area contributed by atoms with E-state index in [0.29, 0.717) is 5.71 Å². The fraction of sp³-hybridized carbons (Fsp3) is 0.308. The normalized spacial score (nSPS) is 11.2. The van der Waals surface area contributed by atoms with Crippen LogP contribution in [0.4, 0.5) is 0 Å². The molecule has 1 aromatic rings. The van der Waals surface area contributed by atoms with Crippen molar-refractivity contribution >= 4 is 17.5 Å². The highest BCUT2D eigenvalue weighted by Gasteiger charge is 2.08. The molecule has 5 nitrogen and oxygen atoms in total. The van der Waals surface area contributed by atoms with Crippen LogP contribution < -0.4 is 11.2 Å². The van der Waals surface area contributed by atoms with Gasteiger partial charge in [-0.25, -0.2) is 5.43 Å². The predicted molar refractivity (Wildman–Crippen MR) is 70.2 cm³/mol. The number of nitrogens with zero attached hydrogens (tertiary/aromatic N) is 1. The number of primary amides is 1. The third kappa shape index (κ3) is 3.16. The van der Waals surface area contributed by atoms with Crippen LogP contribution in [0.25, 0.3) is 0 Å². The molecule has 0 radical (unpaired) electrons. The number of amides is 2. The number of hydrogen-bond donors (Lipinski definition) is 2. The summed E-state index contributed by atoms with van der Waals surface area (Å²) in [4.78, 5) is 21.5. The summed E-state index contributed by atoms with van der Waals surface area (Å²) in [5.74, 6) is -1.97. The minimum absolute atomic E-state index is 0.630. The zero-order valence-electron chi connectivity index (χ0n) is 11.0. The van der Waals surface area contributed by atoms with Gasteiger partial charge in [-0.15, -0.1) is 0 Å². The molecule has 0 spiro atoms. The Morgan fingerprint density at radius 3 is 2.22 bits per heavy atom. The molecule has 96 valence electrons. The zero-order valence-corrected chi connectivity index (χ0v) is 11.0. The first kappa shape index (κ1) is 13.9. The highest BCUT2D eigenvalue weighted by Crippen LogP contribution is 2.15. The average molecular weight is 247 g/mol. The Balaban J connectivity index is 3.00. The molecule has 0 aliphatic heterocycles. The van der Waals surface area contributed by atoms with Crippen molar-refractivity contribution in [3.8, 4) is 0 Å². The fourth-order valence-corrected chi connectivity index (χ4v) is 1.60. The lowest BCUT2D eigenvalue weighted by Crippen LogP contribution is -2.33. The first-order valence-electron chi connectivity index (χ1n) is 5.55. The van der Waals surface area contributed by atoms with Gasteiger partial charge in [-0.05, 0) is 50.5 Å². The van der Waals surface area contributed by atoms with Gasteiger partial charge in [0.15, 0.2) is 0 Å². The number of carbonyl (C=O) groups is 2. The molecule has 5 heteroatoms. The molecule has 0 aliphatic rings. The van der Waals surface area contributed by atoms with Crippen LogP contribution >= 0.6 is 0 Å². The summed E-state index contributed by atoms with van der Waals surface area (Å²) in [5, 5.41) is 3.86. The van der Waals surface area contributed by atoms with Crippen molar-refractivity contribution in [3.63, 3.8) is 0 Å². The Morgan fingerprint density at radius 1 is 1.11 bits per heavy atom. The molecule has 0 bridgehead atoms. The Morgan fingerprint density at radius 2 is 1.67 bits per heavy atom. The highest BCUT2D eigenvalue weighted by atomic mass is 16.2. The number of nitrogens with two attached hydrogens (primary N) is 1. The minimum atomic E-state index is -1.05. The summed E-state index contributed by atoms with van der Waals surface area (Å²) in [6, 6.07) is 4.06. The number of aryl methyl sites for hydroxylation is 3. The van der Waals surface area contributed by atoms with E-state index in [2.05, 4.69) is 16.6 Å². The maximum atomic E-state index is 11.0. The van der Waals surface area contributed by atoms with Crippen molar-refractivity contribution < 1.29 is 9.59 Å². The second-order valence-corrected chi connectivity index (χ2v) is 4.25. The van der Waals surface area contributed by atoms with Crippen LogP contribution in [0.15, 0.2) is 17.2 Å². The van der Waals surface area contributed by atoms with Gasteiger partial charge < -0.3 is 5.73 Å². The van der Waals surface area contributed by atoms with E-state index < -0.39 is 11.8 Å². The third-order valence-electron chi connectivity index (χ3n) is 2.78. The van der Waals surface area contributed by atoms with Gasteiger partial charge >= 0.3 is 11.8 Å². The smallest absolute Gasteiger partial charge is 0.329 e. The van der Waals surface area contributed by atoms with Crippen molar-refractivity contribution in [1.82, 2.24) is 5.43 Å². The van der Waals surface area contributed by atoms with Gasteiger partial charge in [0, 0.05) is 5.56 Å². The van der Waals surface area contributed by atoms with Crippen LogP contribution in [0.2, 0.25) is 0 Å². The van der Waals surface area contributed by atoms with Crippen LogP contribution in [0.3, 0.4) is 0 Å². The van der Waals surface area contributed by atoms with Crippen molar-refractivity contribution in [2.75, 3.05) is 0 Å². The lowest BCUT2D eigenvalue weighted by atomic mass is 9.98. The van der Waals surface area contributed by atoms with Gasteiger partial charge in [-0.2, -0.15) is 5.10 Å². The van der Waals surface area contributed by atoms with E-state index in [9.17, 15) is 9.59 Å². The Kier molecular flexibility index (Phi) is 4.20. The van der Waals surface area contributed by atoms with Crippen LogP contribution in [0.1, 0.15) is 29.2 Å². The summed E-state index contributed by atoms with van der Waals surface area (Å²) < 4.78 is 0. The molecule has 0 heterocycles. The molecular formula is C13H17N3O2. The topological polar surface area (TPSA) is 84.6 Å². The van der Waals surface area contributed by atoms with E-state index in [-0.39, 0.29) is 0 Å². The maximum absolute atomic E-state index is 11.0. The van der Waals surface area contributed by atoms with E-state index >= 15 is 0 Å². The molecule has 0 saturated carbocycles. The quantitative estimate of drug-likeness (QED) is 0.463. The summed E-state index contributed by atoms with van der Waals surface area (Å²) >= 11 is 0. The Bertz CT molecular complexity index is 533. The van der Waals surface area contributed by atoms with E-state index in [0.717, 1.165) is 16.7 Å². The summed E-state index contributed by atoms with van der Waals surface area (Å²) in [6.07, 6.45) is 0. The van der Waals surface area contributed by atoms with Crippen molar-refractivity contribution in [1.29, 1.82) is 0 Å². The van der Waals surface area contributed by atoms with Crippen molar-refractivity contribution in [3.05, 3.63) is 34.4 Å². The first-order chi connectivity index (χ1) is 8.32. The molecular weight excluding hydrogens is 230 g/mol. The van der Waals surface area contributed by atoms with E-state index in [1.807, 2.05) is 26.8 Å². The van der Waals surface area contributed by atoms with Crippen LogP contribution in [-0.4, -0.2) is 17.5 Å². The van der Waals surface area contributed by atoms with Gasteiger partial charge in [-0.3, -0.25) is 9.59 Å². The van der Waals surface area contributed by atoms with Crippen LogP contribution in [0.5, 0.6) is 0 Å². The SMILES string of the molecule is C/C(=N/NC(=O)C(N)=O)c1cc(C)c(C)cc1C. The Hall–Kier alpha value is -2.17. The molecule has 0 fully saturated rings. The number of carbonyl (C=O) groups excluding carboxylic acids is 2. The number of nitrogens with one attached hydrogen (secondary N) is 1. The molecule has 1 rings (SSSR count). The predicted octanol–water partition coefficient (Wildman–Crippen LogP) is 0.937. The number of hydrazone groups is 1. The number of benzene rings is 1. The molecule has 0 aliphatic carbocycles. The molecule has 2 amide bonds. The molecule has 18 heavy (non-hydrogen) atoms. The lowest BCUT2D eigenvalue weighted by Gasteiger charge is -2.09. The average Bonchev–Trinajstić information content (AvgIpc) is 2.30. The lowest BCUT2D eigenvalue weighted by molar-refractivity contribution is -0.137. The van der Waals surface area contributed by atoms with Crippen LogP contribution in [-0.2, 0) is 9.59 Å². The third-order valence-corrected chi connectivity index (χ3v) is 2.78. The van der Waals surface area contributed by atoms with Gasteiger partial charge in [0.25, 0.3) is 0 Å². The highest BCUT2D eigenvalue weighted by molar-refractivity contribution is 6.34. The zero-order chi connectivity index (χ0) is 13.9. The first-order valence-corrected chi connectivity index (χ1v) is 5.55. The molecule has 0 aromatic heterocycles. The molecule has 0 saturated heterocycles. The number of hydrogen-bond acceptors (Lipinski definition) is 3. The standard InChI is InChI=1S/C13H17N3O2/c1-7-5-9(3)11(6-8(7)2)10(4)15-16-13(18)12(14)17/h5-6H,1-4H3,(H2,14,17)(H,16,18)/b15-10-. The van der Waals surface area contributed by atoms with Crippen LogP contribution in [0, 0.1) is 20.8 Å². The largest absolute Gasteiger partial charge is 0.361 e. The maximum Gasteiger partial charge on any atom is 0.329 e. The number of rotatable bonds is 2. The van der Waals surface area contributed by atoms with Crippen molar-refractivity contribution in [2.45, 2.75) is 27.7 Å². The molecule has 3 N–H and O–H groups in total. The van der Waals surface area contributed by atoms with Gasteiger partial charge in [0.2, 0.25) is 0 Å². The fourth-order valence-electron chi connectivity index (χ4n) is 1.60. The van der Waals surface area contributed by atoms with E-state index in [1.165, 1.54) is 5.56 Å². The molecule has 0 unspecified atom stereocenters. The summed E-state index contributed by atoms with van der Waals surface area (Å²) in [7, 11) is 0. The molecule has 1 aromatic carbocycles.